The Morgan fingerprint density at radius 1 is 0.500 bits per heavy atom. The Bertz CT molecular complexity index is 735. The van der Waals surface area contributed by atoms with Crippen molar-refractivity contribution < 1.29 is 9.53 Å². The third-order valence-electron chi connectivity index (χ3n) is 8.74. The zero-order valence-electron chi connectivity index (χ0n) is 31.5. The Morgan fingerprint density at radius 2 is 0.891 bits per heavy atom. The van der Waals surface area contributed by atoms with Crippen LogP contribution in [0, 0.1) is 0 Å². The molecule has 0 N–H and O–H groups in total. The van der Waals surface area contributed by atoms with Crippen LogP contribution in [0.15, 0.2) is 48.6 Å². The summed E-state index contributed by atoms with van der Waals surface area (Å²) in [5, 5.41) is 0. The maximum absolute atomic E-state index is 12.6. The van der Waals surface area contributed by atoms with Gasteiger partial charge in [-0.2, -0.15) is 0 Å². The minimum absolute atomic E-state index is 0.0198. The van der Waals surface area contributed by atoms with Crippen molar-refractivity contribution in [1.82, 2.24) is 4.90 Å². The molecule has 1 unspecified atom stereocenters. The number of hydrogen-bond donors (Lipinski definition) is 0. The molecule has 268 valence electrons. The highest BCUT2D eigenvalue weighted by Gasteiger charge is 2.14. The number of nitrogens with zero attached hydrogens (tertiary/aromatic N) is 1. The largest absolute Gasteiger partial charge is 0.462 e. The molecule has 0 aliphatic carbocycles. The Labute approximate surface area is 288 Å². The first-order valence-corrected chi connectivity index (χ1v) is 20.0. The molecule has 0 bridgehead atoms. The van der Waals surface area contributed by atoms with E-state index in [9.17, 15) is 4.79 Å². The van der Waals surface area contributed by atoms with E-state index in [0.29, 0.717) is 6.42 Å². The van der Waals surface area contributed by atoms with Crippen LogP contribution in [-0.2, 0) is 9.53 Å². The summed E-state index contributed by atoms with van der Waals surface area (Å²) in [5.74, 6) is 0.0198. The van der Waals surface area contributed by atoms with Crippen molar-refractivity contribution in [2.75, 3.05) is 20.6 Å². The van der Waals surface area contributed by atoms with Crippen LogP contribution < -0.4 is 0 Å². The maximum Gasteiger partial charge on any atom is 0.306 e. The topological polar surface area (TPSA) is 29.5 Å². The van der Waals surface area contributed by atoms with Gasteiger partial charge in [0, 0.05) is 6.42 Å². The van der Waals surface area contributed by atoms with Gasteiger partial charge in [-0.05, 0) is 123 Å². The van der Waals surface area contributed by atoms with E-state index in [1.54, 1.807) is 0 Å². The first-order chi connectivity index (χ1) is 22.6. The number of rotatable bonds is 35. The molecule has 0 amide bonds. The predicted molar refractivity (Wildman–Crippen MR) is 206 cm³/mol. The van der Waals surface area contributed by atoms with E-state index in [2.05, 4.69) is 81.5 Å². The summed E-state index contributed by atoms with van der Waals surface area (Å²) in [7, 11) is 4.18. The molecule has 0 aromatic heterocycles. The van der Waals surface area contributed by atoms with Crippen LogP contribution in [0.5, 0.6) is 0 Å². The molecule has 0 aliphatic rings. The summed E-state index contributed by atoms with van der Waals surface area (Å²) in [4.78, 5) is 14.8. The molecule has 0 aromatic rings. The van der Waals surface area contributed by atoms with Gasteiger partial charge in [-0.25, -0.2) is 0 Å². The highest BCUT2D eigenvalue weighted by molar-refractivity contribution is 5.69. The summed E-state index contributed by atoms with van der Waals surface area (Å²) in [6.07, 6.45) is 52.5. The molecule has 3 nitrogen and oxygen atoms in total. The Kier molecular flexibility index (Phi) is 36.5. The lowest BCUT2D eigenvalue weighted by molar-refractivity contribution is -0.150. The van der Waals surface area contributed by atoms with Crippen LogP contribution in [0.2, 0.25) is 0 Å². The number of ether oxygens (including phenoxy) is 1. The Balaban J connectivity index is 4.08. The van der Waals surface area contributed by atoms with Gasteiger partial charge in [0.2, 0.25) is 0 Å². The van der Waals surface area contributed by atoms with E-state index >= 15 is 0 Å². The average molecular weight is 642 g/mol. The van der Waals surface area contributed by atoms with Crippen LogP contribution in [-0.4, -0.2) is 37.6 Å². The van der Waals surface area contributed by atoms with Gasteiger partial charge in [0.1, 0.15) is 6.10 Å². The van der Waals surface area contributed by atoms with Crippen molar-refractivity contribution in [1.29, 1.82) is 0 Å². The van der Waals surface area contributed by atoms with Crippen molar-refractivity contribution in [3.8, 4) is 0 Å². The van der Waals surface area contributed by atoms with Gasteiger partial charge in [0.25, 0.3) is 0 Å². The zero-order chi connectivity index (χ0) is 33.6. The summed E-state index contributed by atoms with van der Waals surface area (Å²) in [6.45, 7) is 5.56. The van der Waals surface area contributed by atoms with Crippen LogP contribution in [0.25, 0.3) is 0 Å². The lowest BCUT2D eigenvalue weighted by atomic mass is 10.0. The number of carbonyl (C=O) groups excluding carboxylic acids is 1. The smallest absolute Gasteiger partial charge is 0.306 e. The fourth-order valence-corrected chi connectivity index (χ4v) is 5.75. The normalized spacial score (nSPS) is 13.0. The monoisotopic (exact) mass is 642 g/mol. The van der Waals surface area contributed by atoms with Crippen LogP contribution >= 0.6 is 0 Å². The summed E-state index contributed by atoms with van der Waals surface area (Å²) < 4.78 is 6.02. The number of esters is 1. The van der Waals surface area contributed by atoms with E-state index in [4.69, 9.17) is 4.74 Å². The second-order valence-electron chi connectivity index (χ2n) is 13.8. The first kappa shape index (κ1) is 44.4. The van der Waals surface area contributed by atoms with E-state index in [-0.39, 0.29) is 12.1 Å². The highest BCUT2D eigenvalue weighted by atomic mass is 16.5. The van der Waals surface area contributed by atoms with E-state index in [1.165, 1.54) is 135 Å². The number of hydrogen-bond acceptors (Lipinski definition) is 3. The standard InChI is InChI=1S/C43H79NO2/c1-5-7-9-11-13-15-17-19-21-23-25-27-29-31-33-35-39-42(46-43(45)40-36-37-41-44(3)4)38-34-32-30-28-26-24-22-20-18-16-14-12-10-8-6-2/h13-16,19-22,42H,5-12,17-18,23-41H2,1-4H3. The summed E-state index contributed by atoms with van der Waals surface area (Å²) in [6, 6.07) is 0. The predicted octanol–water partition coefficient (Wildman–Crippen LogP) is 13.6. The van der Waals surface area contributed by atoms with Crippen LogP contribution in [0.4, 0.5) is 0 Å². The van der Waals surface area contributed by atoms with E-state index < -0.39 is 0 Å². The summed E-state index contributed by atoms with van der Waals surface area (Å²) >= 11 is 0. The first-order valence-electron chi connectivity index (χ1n) is 20.0. The molecular formula is C43H79NO2. The molecule has 46 heavy (non-hydrogen) atoms. The van der Waals surface area contributed by atoms with E-state index in [0.717, 1.165) is 45.1 Å². The van der Waals surface area contributed by atoms with Crippen molar-refractivity contribution in [2.24, 2.45) is 0 Å². The molecular weight excluding hydrogens is 562 g/mol. The quantitative estimate of drug-likeness (QED) is 0.0392. The number of carbonyl (C=O) groups is 1. The van der Waals surface area contributed by atoms with Crippen molar-refractivity contribution in [3.05, 3.63) is 48.6 Å². The van der Waals surface area contributed by atoms with Gasteiger partial charge in [-0.1, -0.05) is 133 Å². The van der Waals surface area contributed by atoms with Gasteiger partial charge in [-0.15, -0.1) is 0 Å². The number of unbranched alkanes of at least 4 members (excludes halogenated alkanes) is 18. The van der Waals surface area contributed by atoms with Crippen LogP contribution in [0.1, 0.15) is 194 Å². The minimum atomic E-state index is 0.0198. The van der Waals surface area contributed by atoms with Gasteiger partial charge < -0.3 is 9.64 Å². The molecule has 0 saturated heterocycles. The summed E-state index contributed by atoms with van der Waals surface area (Å²) in [5.41, 5.74) is 0. The van der Waals surface area contributed by atoms with Crippen LogP contribution in [0.3, 0.4) is 0 Å². The van der Waals surface area contributed by atoms with Gasteiger partial charge in [0.15, 0.2) is 0 Å². The molecule has 1 atom stereocenters. The molecule has 0 spiro atoms. The highest BCUT2D eigenvalue weighted by Crippen LogP contribution is 2.18. The van der Waals surface area contributed by atoms with E-state index in [1.807, 2.05) is 0 Å². The molecule has 0 aromatic carbocycles. The Morgan fingerprint density at radius 3 is 1.30 bits per heavy atom. The second kappa shape index (κ2) is 37.8. The van der Waals surface area contributed by atoms with Gasteiger partial charge in [-0.3, -0.25) is 4.79 Å². The molecule has 0 heterocycles. The molecule has 3 heteroatoms. The Hall–Kier alpha value is -1.61. The minimum Gasteiger partial charge on any atom is -0.462 e. The molecule has 0 fully saturated rings. The fraction of sp³-hybridized carbons (Fsp3) is 0.791. The van der Waals surface area contributed by atoms with Crippen molar-refractivity contribution in [2.45, 2.75) is 200 Å². The van der Waals surface area contributed by atoms with Crippen molar-refractivity contribution >= 4 is 5.97 Å². The third-order valence-corrected chi connectivity index (χ3v) is 8.74. The zero-order valence-corrected chi connectivity index (χ0v) is 31.5. The SMILES string of the molecule is CCCCCC=CCC=CCCCCCCCCC(CCCCCCCC=CCC=CCCCCC)OC(=O)CCCCN(C)C. The lowest BCUT2D eigenvalue weighted by Gasteiger charge is -2.18. The molecule has 0 radical (unpaired) electrons. The van der Waals surface area contributed by atoms with Gasteiger partial charge in [0.05, 0.1) is 0 Å². The molecule has 0 rings (SSSR count). The van der Waals surface area contributed by atoms with Crippen molar-refractivity contribution in [3.63, 3.8) is 0 Å². The fourth-order valence-electron chi connectivity index (χ4n) is 5.75. The second-order valence-corrected chi connectivity index (χ2v) is 13.8. The third kappa shape index (κ3) is 36.9. The lowest BCUT2D eigenvalue weighted by Crippen LogP contribution is -2.19. The number of allylic oxidation sites excluding steroid dienone is 8. The maximum atomic E-state index is 12.6. The molecule has 0 aliphatic heterocycles. The average Bonchev–Trinajstić information content (AvgIpc) is 3.04. The van der Waals surface area contributed by atoms with Gasteiger partial charge >= 0.3 is 5.97 Å². The molecule has 0 saturated carbocycles.